The molecule has 0 radical (unpaired) electrons. The SMILES string of the molecule is Cc1ncnc(Nc2ccccc2)c1N=CCC1OC(C(=O)O)C2OC3(Cc4ccccc4C3)OC12. The zero-order valence-corrected chi connectivity index (χ0v) is 19.7. The number of nitrogens with one attached hydrogen (secondary N) is 1. The van der Waals surface area contributed by atoms with Gasteiger partial charge in [-0.15, -0.1) is 0 Å². The summed E-state index contributed by atoms with van der Waals surface area (Å²) in [7, 11) is 0. The van der Waals surface area contributed by atoms with E-state index in [0.717, 1.165) is 11.4 Å². The third-order valence-electron chi connectivity index (χ3n) is 6.89. The number of fused-ring (bicyclic) bond motifs is 2. The van der Waals surface area contributed by atoms with Crippen LogP contribution in [0.25, 0.3) is 0 Å². The molecule has 1 spiro atoms. The first kappa shape index (κ1) is 22.8. The van der Waals surface area contributed by atoms with Crippen molar-refractivity contribution >= 4 is 29.4 Å². The quantitative estimate of drug-likeness (QED) is 0.506. The zero-order valence-electron chi connectivity index (χ0n) is 19.7. The number of carboxylic acids is 1. The summed E-state index contributed by atoms with van der Waals surface area (Å²) in [6.07, 6.45) is 1.99. The van der Waals surface area contributed by atoms with Crippen molar-refractivity contribution in [3.63, 3.8) is 0 Å². The lowest BCUT2D eigenvalue weighted by molar-refractivity contribution is -0.206. The molecular weight excluding hydrogens is 460 g/mol. The molecule has 4 unspecified atom stereocenters. The Morgan fingerprint density at radius 1 is 1.08 bits per heavy atom. The summed E-state index contributed by atoms with van der Waals surface area (Å²) in [4.78, 5) is 25.2. The number of aliphatic imine (C=N–C) groups is 1. The predicted molar refractivity (Wildman–Crippen MR) is 132 cm³/mol. The Morgan fingerprint density at radius 3 is 2.50 bits per heavy atom. The normalized spacial score (nSPS) is 25.8. The van der Waals surface area contributed by atoms with E-state index in [4.69, 9.17) is 14.2 Å². The highest BCUT2D eigenvalue weighted by atomic mass is 16.8. The average Bonchev–Trinajstić information content (AvgIpc) is 3.52. The summed E-state index contributed by atoms with van der Waals surface area (Å²) in [6, 6.07) is 17.8. The molecule has 0 amide bonds. The van der Waals surface area contributed by atoms with E-state index < -0.39 is 36.2 Å². The van der Waals surface area contributed by atoms with Gasteiger partial charge in [-0.05, 0) is 30.2 Å². The first-order valence-corrected chi connectivity index (χ1v) is 12.0. The maximum absolute atomic E-state index is 12.0. The number of ether oxygens (including phenoxy) is 3. The molecule has 2 saturated heterocycles. The third-order valence-corrected chi connectivity index (χ3v) is 6.89. The van der Waals surface area contributed by atoms with Crippen molar-refractivity contribution < 1.29 is 24.1 Å². The van der Waals surface area contributed by atoms with Crippen molar-refractivity contribution in [1.29, 1.82) is 0 Å². The van der Waals surface area contributed by atoms with E-state index in [0.29, 0.717) is 30.8 Å². The van der Waals surface area contributed by atoms with E-state index in [1.807, 2.05) is 49.4 Å². The number of aryl methyl sites for hydroxylation is 1. The number of carboxylic acid groups (broad SMARTS) is 1. The molecule has 9 heteroatoms. The molecule has 9 nitrogen and oxygen atoms in total. The molecule has 3 aliphatic rings. The highest BCUT2D eigenvalue weighted by molar-refractivity contribution is 5.76. The molecular formula is C27H26N4O5. The van der Waals surface area contributed by atoms with Gasteiger partial charge in [0.2, 0.25) is 0 Å². The standard InChI is InChI=1S/C27H26N4O5/c1-16-21(25(30-15-29-16)31-19-9-3-2-4-10-19)28-12-11-20-22-23(24(34-20)26(32)33)36-27(35-22)13-17-7-5-6-8-18(17)14-27/h2-10,12,15,20,22-24H,11,13-14H2,1H3,(H,32,33)(H,29,30,31). The number of nitrogens with zero attached hydrogens (tertiary/aromatic N) is 3. The lowest BCUT2D eigenvalue weighted by Crippen LogP contribution is -2.38. The highest BCUT2D eigenvalue weighted by Gasteiger charge is 2.61. The Bertz CT molecular complexity index is 1290. The molecule has 4 atom stereocenters. The van der Waals surface area contributed by atoms with Crippen LogP contribution in [0.2, 0.25) is 0 Å². The van der Waals surface area contributed by atoms with E-state index >= 15 is 0 Å². The minimum atomic E-state index is -1.09. The highest BCUT2D eigenvalue weighted by Crippen LogP contribution is 2.46. The number of carbonyl (C=O) groups is 1. The maximum Gasteiger partial charge on any atom is 0.335 e. The lowest BCUT2D eigenvalue weighted by Gasteiger charge is -2.26. The molecule has 0 bridgehead atoms. The van der Waals surface area contributed by atoms with Gasteiger partial charge in [0, 0.05) is 31.2 Å². The van der Waals surface area contributed by atoms with Crippen LogP contribution in [0.3, 0.4) is 0 Å². The Hall–Kier alpha value is -3.66. The minimum Gasteiger partial charge on any atom is -0.479 e. The Balaban J connectivity index is 1.20. The summed E-state index contributed by atoms with van der Waals surface area (Å²) >= 11 is 0. The summed E-state index contributed by atoms with van der Waals surface area (Å²) in [5.74, 6) is -1.31. The summed E-state index contributed by atoms with van der Waals surface area (Å²) in [5.41, 5.74) is 4.55. The number of aliphatic carboxylic acids is 1. The van der Waals surface area contributed by atoms with Crippen LogP contribution < -0.4 is 5.32 Å². The van der Waals surface area contributed by atoms with Crippen LogP contribution in [0.15, 0.2) is 65.9 Å². The van der Waals surface area contributed by atoms with Crippen LogP contribution in [-0.2, 0) is 31.8 Å². The van der Waals surface area contributed by atoms with Crippen LogP contribution in [0.5, 0.6) is 0 Å². The molecule has 3 aromatic rings. The van der Waals surface area contributed by atoms with E-state index in [9.17, 15) is 9.90 Å². The number of aromatic nitrogens is 2. The van der Waals surface area contributed by atoms with Gasteiger partial charge in [-0.1, -0.05) is 42.5 Å². The van der Waals surface area contributed by atoms with Gasteiger partial charge in [0.15, 0.2) is 17.7 Å². The molecule has 2 aromatic carbocycles. The molecule has 36 heavy (non-hydrogen) atoms. The largest absolute Gasteiger partial charge is 0.479 e. The van der Waals surface area contributed by atoms with Gasteiger partial charge in [-0.25, -0.2) is 14.8 Å². The predicted octanol–water partition coefficient (Wildman–Crippen LogP) is 3.75. The number of hydrogen-bond donors (Lipinski definition) is 2. The van der Waals surface area contributed by atoms with Crippen molar-refractivity contribution in [2.75, 3.05) is 5.32 Å². The number of hydrogen-bond acceptors (Lipinski definition) is 8. The fourth-order valence-corrected chi connectivity index (χ4v) is 5.24. The van der Waals surface area contributed by atoms with Crippen molar-refractivity contribution in [1.82, 2.24) is 9.97 Å². The van der Waals surface area contributed by atoms with Crippen LogP contribution in [0.1, 0.15) is 23.2 Å². The Kier molecular flexibility index (Phi) is 5.75. The van der Waals surface area contributed by atoms with Gasteiger partial charge in [0.1, 0.15) is 24.2 Å². The third kappa shape index (κ3) is 4.15. The zero-order chi connectivity index (χ0) is 24.7. The van der Waals surface area contributed by atoms with E-state index in [1.54, 1.807) is 6.21 Å². The van der Waals surface area contributed by atoms with E-state index in [-0.39, 0.29) is 0 Å². The van der Waals surface area contributed by atoms with Crippen molar-refractivity contribution in [3.8, 4) is 0 Å². The monoisotopic (exact) mass is 486 g/mol. The van der Waals surface area contributed by atoms with Gasteiger partial charge < -0.3 is 24.6 Å². The first-order valence-electron chi connectivity index (χ1n) is 12.0. The Labute approximate surface area is 208 Å². The van der Waals surface area contributed by atoms with Gasteiger partial charge in [0.05, 0.1) is 11.8 Å². The van der Waals surface area contributed by atoms with Gasteiger partial charge in [-0.3, -0.25) is 4.99 Å². The minimum absolute atomic E-state index is 0.358. The number of benzene rings is 2. The summed E-state index contributed by atoms with van der Waals surface area (Å²) in [5, 5.41) is 13.1. The van der Waals surface area contributed by atoms with Crippen LogP contribution in [-0.4, -0.2) is 57.5 Å². The smallest absolute Gasteiger partial charge is 0.335 e. The van der Waals surface area contributed by atoms with E-state index in [1.165, 1.54) is 17.5 Å². The van der Waals surface area contributed by atoms with Gasteiger partial charge >= 0.3 is 5.97 Å². The molecule has 2 N–H and O–H groups in total. The molecule has 184 valence electrons. The number of anilines is 2. The van der Waals surface area contributed by atoms with Crippen LogP contribution in [0, 0.1) is 6.92 Å². The number of rotatable bonds is 6. The van der Waals surface area contributed by atoms with Crippen molar-refractivity contribution in [2.24, 2.45) is 4.99 Å². The topological polar surface area (TPSA) is 115 Å². The molecule has 2 aliphatic heterocycles. The summed E-state index contributed by atoms with van der Waals surface area (Å²) in [6.45, 7) is 1.86. The molecule has 1 aliphatic carbocycles. The first-order chi connectivity index (χ1) is 17.5. The average molecular weight is 487 g/mol. The number of para-hydroxylation sites is 1. The Morgan fingerprint density at radius 2 is 1.78 bits per heavy atom. The second-order valence-electron chi connectivity index (χ2n) is 9.33. The molecule has 1 aromatic heterocycles. The van der Waals surface area contributed by atoms with Crippen LogP contribution in [0.4, 0.5) is 17.2 Å². The second kappa shape index (κ2) is 9.09. The molecule has 2 fully saturated rings. The van der Waals surface area contributed by atoms with Crippen LogP contribution >= 0.6 is 0 Å². The fraction of sp³-hybridized carbons (Fsp3) is 0.333. The lowest BCUT2D eigenvalue weighted by atomic mass is 10.1. The maximum atomic E-state index is 12.0. The van der Waals surface area contributed by atoms with Gasteiger partial charge in [0.25, 0.3) is 0 Å². The second-order valence-corrected chi connectivity index (χ2v) is 9.33. The molecule has 0 saturated carbocycles. The fourth-order valence-electron chi connectivity index (χ4n) is 5.24. The molecule has 6 rings (SSSR count). The van der Waals surface area contributed by atoms with Crippen molar-refractivity contribution in [3.05, 3.63) is 77.7 Å². The summed E-state index contributed by atoms with van der Waals surface area (Å²) < 4.78 is 18.6. The molecule has 3 heterocycles. The van der Waals surface area contributed by atoms with Crippen molar-refractivity contribution in [2.45, 2.75) is 56.4 Å². The van der Waals surface area contributed by atoms with E-state index in [2.05, 4.69) is 32.4 Å². The van der Waals surface area contributed by atoms with Gasteiger partial charge in [-0.2, -0.15) is 0 Å².